The van der Waals surface area contributed by atoms with E-state index in [0.717, 1.165) is 22.4 Å². The molecule has 0 bridgehead atoms. The molecular formula is C29H28O4S. The lowest BCUT2D eigenvalue weighted by Gasteiger charge is -2.19. The third kappa shape index (κ3) is 5.15. The predicted octanol–water partition coefficient (Wildman–Crippen LogP) is 7.28. The van der Waals surface area contributed by atoms with E-state index in [1.807, 2.05) is 60.7 Å². The summed E-state index contributed by atoms with van der Waals surface area (Å²) in [5, 5.41) is 0. The van der Waals surface area contributed by atoms with Crippen LogP contribution in [0.5, 0.6) is 17.2 Å². The summed E-state index contributed by atoms with van der Waals surface area (Å²) in [6, 6.07) is 29.2. The summed E-state index contributed by atoms with van der Waals surface area (Å²) in [6.45, 7) is 6.30. The van der Waals surface area contributed by atoms with Crippen LogP contribution in [-0.4, -0.2) is 15.5 Å². The van der Waals surface area contributed by atoms with E-state index in [1.165, 1.54) is 0 Å². The average molecular weight is 473 g/mol. The average Bonchev–Trinajstić information content (AvgIpc) is 2.84. The molecule has 0 fully saturated rings. The molecule has 0 saturated heterocycles. The second-order valence-corrected chi connectivity index (χ2v) is 11.1. The molecule has 0 atom stereocenters. The molecule has 0 radical (unpaired) electrons. The topological polar surface area (TPSA) is 52.6 Å². The van der Waals surface area contributed by atoms with Gasteiger partial charge in [-0.3, -0.25) is 0 Å². The van der Waals surface area contributed by atoms with Crippen molar-refractivity contribution < 1.29 is 17.9 Å². The zero-order valence-electron chi connectivity index (χ0n) is 19.8. The number of methoxy groups -OCH3 is 1. The van der Waals surface area contributed by atoms with Gasteiger partial charge >= 0.3 is 0 Å². The van der Waals surface area contributed by atoms with Crippen LogP contribution >= 0.6 is 0 Å². The summed E-state index contributed by atoms with van der Waals surface area (Å²) >= 11 is 0. The van der Waals surface area contributed by atoms with Crippen LogP contribution in [0, 0.1) is 0 Å². The molecular weight excluding hydrogens is 444 g/mol. The predicted molar refractivity (Wildman–Crippen MR) is 136 cm³/mol. The molecule has 0 heterocycles. The van der Waals surface area contributed by atoms with Gasteiger partial charge in [-0.25, -0.2) is 8.42 Å². The first kappa shape index (κ1) is 23.6. The van der Waals surface area contributed by atoms with Gasteiger partial charge in [-0.15, -0.1) is 0 Å². The molecule has 0 unspecified atom stereocenters. The van der Waals surface area contributed by atoms with E-state index in [9.17, 15) is 8.42 Å². The van der Waals surface area contributed by atoms with E-state index < -0.39 is 9.84 Å². The van der Waals surface area contributed by atoms with Crippen LogP contribution in [0.15, 0.2) is 107 Å². The minimum atomic E-state index is -3.60. The van der Waals surface area contributed by atoms with Crippen LogP contribution in [0.25, 0.3) is 11.1 Å². The SMILES string of the molecule is COc1ccc(-c2ccc(Oc3ccc(S(=O)(=O)c4ccc(C(C)(C)C)cc4)cc3)cc2)cc1. The van der Waals surface area contributed by atoms with Crippen molar-refractivity contribution in [3.05, 3.63) is 103 Å². The monoisotopic (exact) mass is 472 g/mol. The summed E-state index contributed by atoms with van der Waals surface area (Å²) in [6.07, 6.45) is 0. The highest BCUT2D eigenvalue weighted by molar-refractivity contribution is 7.91. The Balaban J connectivity index is 1.47. The lowest BCUT2D eigenvalue weighted by atomic mass is 9.87. The number of benzene rings is 4. The van der Waals surface area contributed by atoms with Crippen molar-refractivity contribution in [3.63, 3.8) is 0 Å². The first-order valence-electron chi connectivity index (χ1n) is 11.0. The molecule has 0 amide bonds. The maximum atomic E-state index is 13.0. The summed E-state index contributed by atoms with van der Waals surface area (Å²) in [4.78, 5) is 0.515. The minimum Gasteiger partial charge on any atom is -0.497 e. The highest BCUT2D eigenvalue weighted by Gasteiger charge is 2.20. The molecule has 174 valence electrons. The molecule has 4 aromatic rings. The lowest BCUT2D eigenvalue weighted by molar-refractivity contribution is 0.415. The van der Waals surface area contributed by atoms with Crippen LogP contribution in [0.1, 0.15) is 26.3 Å². The number of sulfone groups is 1. The maximum absolute atomic E-state index is 13.0. The summed E-state index contributed by atoms with van der Waals surface area (Å²) in [5.74, 6) is 2.06. The van der Waals surface area contributed by atoms with Gasteiger partial charge < -0.3 is 9.47 Å². The minimum absolute atomic E-state index is 0.0336. The number of ether oxygens (including phenoxy) is 2. The quantitative estimate of drug-likeness (QED) is 0.296. The van der Waals surface area contributed by atoms with Crippen LogP contribution < -0.4 is 9.47 Å². The molecule has 0 spiro atoms. The second-order valence-electron chi connectivity index (χ2n) is 9.10. The van der Waals surface area contributed by atoms with E-state index in [1.54, 1.807) is 43.5 Å². The van der Waals surface area contributed by atoms with Crippen molar-refractivity contribution in [2.45, 2.75) is 36.0 Å². The number of hydrogen-bond acceptors (Lipinski definition) is 4. The van der Waals surface area contributed by atoms with Gasteiger partial charge in [-0.1, -0.05) is 57.2 Å². The van der Waals surface area contributed by atoms with E-state index in [0.29, 0.717) is 11.5 Å². The Bertz CT molecular complexity index is 1350. The first-order valence-corrected chi connectivity index (χ1v) is 12.5. The molecule has 4 nitrogen and oxygen atoms in total. The molecule has 0 N–H and O–H groups in total. The van der Waals surface area contributed by atoms with Crippen molar-refractivity contribution in [3.8, 4) is 28.4 Å². The Labute approximate surface area is 201 Å². The van der Waals surface area contributed by atoms with Gasteiger partial charge in [0.15, 0.2) is 0 Å². The normalized spacial score (nSPS) is 11.8. The van der Waals surface area contributed by atoms with Crippen LogP contribution in [0.3, 0.4) is 0 Å². The number of rotatable bonds is 6. The molecule has 5 heteroatoms. The molecule has 34 heavy (non-hydrogen) atoms. The van der Waals surface area contributed by atoms with Crippen LogP contribution in [0.2, 0.25) is 0 Å². The smallest absolute Gasteiger partial charge is 0.206 e. The molecule has 0 aliphatic heterocycles. The summed E-state index contributed by atoms with van der Waals surface area (Å²) < 4.78 is 37.2. The second kappa shape index (κ2) is 9.35. The van der Waals surface area contributed by atoms with Crippen LogP contribution in [-0.2, 0) is 15.3 Å². The zero-order valence-corrected chi connectivity index (χ0v) is 20.6. The van der Waals surface area contributed by atoms with E-state index in [2.05, 4.69) is 20.8 Å². The van der Waals surface area contributed by atoms with E-state index >= 15 is 0 Å². The Morgan fingerprint density at radius 3 is 1.35 bits per heavy atom. The fourth-order valence-electron chi connectivity index (χ4n) is 3.59. The third-order valence-electron chi connectivity index (χ3n) is 5.68. The third-order valence-corrected chi connectivity index (χ3v) is 7.46. The standard InChI is InChI=1S/C29H28O4S/c1-29(2,3)23-9-17-27(18-10-23)34(30,31)28-19-15-26(16-20-28)33-25-13-7-22(8-14-25)21-5-11-24(32-4)12-6-21/h5-20H,1-4H3. The van der Waals surface area contributed by atoms with Crippen molar-refractivity contribution >= 4 is 9.84 Å². The Hall–Kier alpha value is -3.57. The lowest BCUT2D eigenvalue weighted by Crippen LogP contribution is -2.11. The van der Waals surface area contributed by atoms with Crippen LogP contribution in [0.4, 0.5) is 0 Å². The highest BCUT2D eigenvalue weighted by Crippen LogP contribution is 2.30. The van der Waals surface area contributed by atoms with Gasteiger partial charge in [0.05, 0.1) is 16.9 Å². The Morgan fingerprint density at radius 2 is 0.941 bits per heavy atom. The Morgan fingerprint density at radius 1 is 0.559 bits per heavy atom. The van der Waals surface area contributed by atoms with E-state index in [4.69, 9.17) is 9.47 Å². The van der Waals surface area contributed by atoms with Crippen molar-refractivity contribution in [2.24, 2.45) is 0 Å². The fourth-order valence-corrected chi connectivity index (χ4v) is 4.85. The van der Waals surface area contributed by atoms with Gasteiger partial charge in [-0.05, 0) is 82.8 Å². The molecule has 0 aromatic heterocycles. The largest absolute Gasteiger partial charge is 0.497 e. The Kier molecular flexibility index (Phi) is 6.49. The fraction of sp³-hybridized carbons (Fsp3) is 0.172. The highest BCUT2D eigenvalue weighted by atomic mass is 32.2. The number of hydrogen-bond donors (Lipinski definition) is 0. The van der Waals surface area contributed by atoms with Gasteiger partial charge in [0.2, 0.25) is 9.84 Å². The summed E-state index contributed by atoms with van der Waals surface area (Å²) in [5.41, 5.74) is 3.20. The maximum Gasteiger partial charge on any atom is 0.206 e. The summed E-state index contributed by atoms with van der Waals surface area (Å²) in [7, 11) is -1.95. The molecule has 4 rings (SSSR count). The molecule has 4 aromatic carbocycles. The zero-order chi connectivity index (χ0) is 24.3. The molecule has 0 saturated carbocycles. The van der Waals surface area contributed by atoms with Gasteiger partial charge in [0.1, 0.15) is 17.2 Å². The van der Waals surface area contributed by atoms with Gasteiger partial charge in [-0.2, -0.15) is 0 Å². The van der Waals surface area contributed by atoms with E-state index in [-0.39, 0.29) is 15.2 Å². The molecule has 0 aliphatic carbocycles. The van der Waals surface area contributed by atoms with Gasteiger partial charge in [0, 0.05) is 0 Å². The first-order chi connectivity index (χ1) is 16.2. The van der Waals surface area contributed by atoms with Crippen molar-refractivity contribution in [2.75, 3.05) is 7.11 Å². The van der Waals surface area contributed by atoms with Crippen molar-refractivity contribution in [1.82, 2.24) is 0 Å². The van der Waals surface area contributed by atoms with Gasteiger partial charge in [0.25, 0.3) is 0 Å². The van der Waals surface area contributed by atoms with Crippen molar-refractivity contribution in [1.29, 1.82) is 0 Å². The molecule has 0 aliphatic rings.